The molecule has 1 aromatic heterocycles. The third kappa shape index (κ3) is 2.84. The molecule has 2 N–H and O–H groups in total. The minimum absolute atomic E-state index is 0.0697. The van der Waals surface area contributed by atoms with Gasteiger partial charge < -0.3 is 5.11 Å². The summed E-state index contributed by atoms with van der Waals surface area (Å²) in [6, 6.07) is 7.65. The second-order valence-corrected chi connectivity index (χ2v) is 7.68. The van der Waals surface area contributed by atoms with Crippen LogP contribution in [0.3, 0.4) is 0 Å². The van der Waals surface area contributed by atoms with Gasteiger partial charge in [-0.05, 0) is 24.3 Å². The molecule has 0 unspecified atom stereocenters. The Balaban J connectivity index is 1.88. The van der Waals surface area contributed by atoms with Crippen molar-refractivity contribution in [2.24, 2.45) is 5.41 Å². The molecule has 24 heavy (non-hydrogen) atoms. The molecule has 1 aliphatic rings. The zero-order chi connectivity index (χ0) is 17.6. The molecule has 0 aliphatic heterocycles. The number of benzene rings is 1. The topological polar surface area (TPSA) is 96.4 Å². The van der Waals surface area contributed by atoms with Gasteiger partial charge in [0.15, 0.2) is 0 Å². The number of alkyl halides is 2. The maximum atomic E-state index is 13.1. The van der Waals surface area contributed by atoms with Gasteiger partial charge in [-0.2, -0.15) is 0 Å². The molecular formula is C15H14F2N2O4S. The van der Waals surface area contributed by atoms with E-state index in [9.17, 15) is 27.1 Å². The second kappa shape index (κ2) is 5.45. The van der Waals surface area contributed by atoms with E-state index in [0.29, 0.717) is 10.9 Å². The molecule has 1 aromatic carbocycles. The van der Waals surface area contributed by atoms with E-state index in [-0.39, 0.29) is 4.90 Å². The lowest BCUT2D eigenvalue weighted by Gasteiger charge is -2.43. The van der Waals surface area contributed by atoms with Crippen LogP contribution in [0.4, 0.5) is 8.78 Å². The Morgan fingerprint density at radius 2 is 1.96 bits per heavy atom. The van der Waals surface area contributed by atoms with E-state index in [1.54, 1.807) is 18.2 Å². The molecule has 128 valence electrons. The van der Waals surface area contributed by atoms with Crippen LogP contribution in [0.15, 0.2) is 41.4 Å². The first-order valence-corrected chi connectivity index (χ1v) is 8.58. The number of hydrogen-bond acceptors (Lipinski definition) is 4. The van der Waals surface area contributed by atoms with Gasteiger partial charge in [0, 0.05) is 31.0 Å². The van der Waals surface area contributed by atoms with E-state index in [4.69, 9.17) is 0 Å². The number of sulfonamides is 1. The van der Waals surface area contributed by atoms with Gasteiger partial charge in [-0.25, -0.2) is 21.9 Å². The normalized spacial score (nSPS) is 18.9. The standard InChI is InChI=1S/C15H14F2N2O4S/c16-15(17)7-14(8-15,13(20)21)9-19-24(22,23)12-5-1-4-11-10(12)3-2-6-18-11/h1-6,19H,7-9H2,(H,20,21). The molecule has 3 rings (SSSR count). The molecule has 9 heteroatoms. The van der Waals surface area contributed by atoms with E-state index in [0.717, 1.165) is 0 Å². The molecule has 0 amide bonds. The van der Waals surface area contributed by atoms with Crippen LogP contribution in [0.2, 0.25) is 0 Å². The van der Waals surface area contributed by atoms with Crippen LogP contribution < -0.4 is 4.72 Å². The van der Waals surface area contributed by atoms with Crippen molar-refractivity contribution >= 4 is 26.9 Å². The van der Waals surface area contributed by atoms with Gasteiger partial charge in [-0.15, -0.1) is 0 Å². The van der Waals surface area contributed by atoms with Crippen molar-refractivity contribution in [3.05, 3.63) is 36.5 Å². The average molecular weight is 356 g/mol. The summed E-state index contributed by atoms with van der Waals surface area (Å²) in [6.45, 7) is -0.586. The van der Waals surface area contributed by atoms with Crippen LogP contribution in [0, 0.1) is 5.41 Å². The molecule has 1 heterocycles. The molecule has 1 saturated carbocycles. The molecule has 0 spiro atoms. The van der Waals surface area contributed by atoms with Crippen molar-refractivity contribution in [1.29, 1.82) is 0 Å². The highest BCUT2D eigenvalue weighted by molar-refractivity contribution is 7.89. The number of pyridine rings is 1. The fourth-order valence-electron chi connectivity index (χ4n) is 2.91. The maximum absolute atomic E-state index is 13.1. The molecule has 2 aromatic rings. The monoisotopic (exact) mass is 356 g/mol. The Hall–Kier alpha value is -2.13. The maximum Gasteiger partial charge on any atom is 0.311 e. The van der Waals surface area contributed by atoms with Crippen molar-refractivity contribution in [3.63, 3.8) is 0 Å². The summed E-state index contributed by atoms with van der Waals surface area (Å²) in [5.74, 6) is -4.51. The first kappa shape index (κ1) is 16.7. The largest absolute Gasteiger partial charge is 0.481 e. The van der Waals surface area contributed by atoms with Crippen LogP contribution in [0.1, 0.15) is 12.8 Å². The number of carboxylic acids is 1. The lowest BCUT2D eigenvalue weighted by atomic mass is 9.66. The fraction of sp³-hybridized carbons (Fsp3) is 0.333. The second-order valence-electron chi connectivity index (χ2n) is 5.95. The minimum Gasteiger partial charge on any atom is -0.481 e. The summed E-state index contributed by atoms with van der Waals surface area (Å²) < 4.78 is 53.3. The molecule has 1 fully saturated rings. The third-order valence-corrected chi connectivity index (χ3v) is 5.60. The van der Waals surface area contributed by atoms with Crippen LogP contribution >= 0.6 is 0 Å². The third-order valence-electron chi connectivity index (χ3n) is 4.14. The van der Waals surface area contributed by atoms with Gasteiger partial charge in [-0.3, -0.25) is 9.78 Å². The molecular weight excluding hydrogens is 342 g/mol. The van der Waals surface area contributed by atoms with E-state index < -0.39 is 46.7 Å². The number of nitrogens with one attached hydrogen (secondary N) is 1. The summed E-state index contributed by atoms with van der Waals surface area (Å²) >= 11 is 0. The van der Waals surface area contributed by atoms with Gasteiger partial charge in [0.05, 0.1) is 15.8 Å². The van der Waals surface area contributed by atoms with Crippen molar-refractivity contribution in [3.8, 4) is 0 Å². The van der Waals surface area contributed by atoms with Gasteiger partial charge in [0.2, 0.25) is 10.0 Å². The van der Waals surface area contributed by atoms with Crippen molar-refractivity contribution < 1.29 is 27.1 Å². The van der Waals surface area contributed by atoms with E-state index in [1.807, 2.05) is 0 Å². The van der Waals surface area contributed by atoms with Gasteiger partial charge in [0.1, 0.15) is 0 Å². The highest BCUT2D eigenvalue weighted by Crippen LogP contribution is 2.51. The Kier molecular flexibility index (Phi) is 3.80. The summed E-state index contributed by atoms with van der Waals surface area (Å²) in [7, 11) is -4.07. The number of aromatic nitrogens is 1. The zero-order valence-corrected chi connectivity index (χ0v) is 13.2. The van der Waals surface area contributed by atoms with Crippen LogP contribution in [0.5, 0.6) is 0 Å². The van der Waals surface area contributed by atoms with Crippen LogP contribution in [0.25, 0.3) is 10.9 Å². The van der Waals surface area contributed by atoms with Gasteiger partial charge in [-0.1, -0.05) is 6.07 Å². The predicted octanol–water partition coefficient (Wildman–Crippen LogP) is 2.01. The lowest BCUT2D eigenvalue weighted by Crippen LogP contribution is -2.56. The Morgan fingerprint density at radius 1 is 1.25 bits per heavy atom. The molecule has 6 nitrogen and oxygen atoms in total. The Labute approximate surface area is 136 Å². The van der Waals surface area contributed by atoms with Crippen molar-refractivity contribution in [2.45, 2.75) is 23.7 Å². The zero-order valence-electron chi connectivity index (χ0n) is 12.4. The number of aliphatic carboxylic acids is 1. The van der Waals surface area contributed by atoms with Crippen LogP contribution in [-0.2, 0) is 14.8 Å². The SMILES string of the molecule is O=C(O)C1(CNS(=O)(=O)c2cccc3ncccc23)CC(F)(F)C1. The number of halogens is 2. The predicted molar refractivity (Wildman–Crippen MR) is 81.2 cm³/mol. The van der Waals surface area contributed by atoms with Gasteiger partial charge >= 0.3 is 5.97 Å². The summed E-state index contributed by atoms with van der Waals surface area (Å²) in [5.41, 5.74) is -1.32. The molecule has 0 atom stereocenters. The lowest BCUT2D eigenvalue weighted by molar-refractivity contribution is -0.191. The van der Waals surface area contributed by atoms with Crippen LogP contribution in [-0.4, -0.2) is 36.9 Å². The molecule has 0 radical (unpaired) electrons. The summed E-state index contributed by atoms with van der Waals surface area (Å²) in [5, 5.41) is 9.55. The number of nitrogens with zero attached hydrogens (tertiary/aromatic N) is 1. The number of fused-ring (bicyclic) bond motifs is 1. The quantitative estimate of drug-likeness (QED) is 0.854. The Morgan fingerprint density at radius 3 is 2.58 bits per heavy atom. The smallest absolute Gasteiger partial charge is 0.311 e. The first-order chi connectivity index (χ1) is 11.2. The number of rotatable bonds is 5. The molecule has 0 bridgehead atoms. The van der Waals surface area contributed by atoms with Gasteiger partial charge in [0.25, 0.3) is 5.92 Å². The highest BCUT2D eigenvalue weighted by atomic mass is 32.2. The summed E-state index contributed by atoms with van der Waals surface area (Å²) in [4.78, 5) is 15.3. The molecule has 1 aliphatic carbocycles. The molecule has 0 saturated heterocycles. The average Bonchev–Trinajstić information content (AvgIpc) is 2.50. The van der Waals surface area contributed by atoms with E-state index in [1.165, 1.54) is 18.3 Å². The Bertz CT molecular complexity index is 901. The van der Waals surface area contributed by atoms with Crippen molar-refractivity contribution in [1.82, 2.24) is 9.71 Å². The summed E-state index contributed by atoms with van der Waals surface area (Å²) in [6.07, 6.45) is -0.244. The number of carboxylic acid groups (broad SMARTS) is 1. The number of carbonyl (C=O) groups is 1. The minimum atomic E-state index is -4.07. The fourth-order valence-corrected chi connectivity index (χ4v) is 4.25. The van der Waals surface area contributed by atoms with E-state index in [2.05, 4.69) is 9.71 Å². The van der Waals surface area contributed by atoms with E-state index >= 15 is 0 Å². The number of hydrogen-bond donors (Lipinski definition) is 2. The van der Waals surface area contributed by atoms with Crippen molar-refractivity contribution in [2.75, 3.05) is 6.54 Å². The highest BCUT2D eigenvalue weighted by Gasteiger charge is 2.61. The first-order valence-electron chi connectivity index (χ1n) is 7.10.